The first kappa shape index (κ1) is 18.0. The molecule has 2 N–H and O–H groups in total. The Balaban J connectivity index is 1.95. The van der Waals surface area contributed by atoms with Crippen LogP contribution < -0.4 is 14.8 Å². The maximum absolute atomic E-state index is 12.2. The second kappa shape index (κ2) is 7.94. The van der Waals surface area contributed by atoms with Crippen molar-refractivity contribution in [3.63, 3.8) is 0 Å². The molecule has 0 atom stereocenters. The lowest BCUT2D eigenvalue weighted by atomic mass is 10.1. The van der Waals surface area contributed by atoms with Gasteiger partial charge in [-0.2, -0.15) is 0 Å². The fourth-order valence-corrected chi connectivity index (χ4v) is 2.58. The van der Waals surface area contributed by atoms with Gasteiger partial charge in [-0.15, -0.1) is 0 Å². The summed E-state index contributed by atoms with van der Waals surface area (Å²) in [6.45, 7) is 0.328. The van der Waals surface area contributed by atoms with Crippen LogP contribution in [-0.4, -0.2) is 34.2 Å². The lowest BCUT2D eigenvalue weighted by Gasteiger charge is -2.08. The van der Waals surface area contributed by atoms with E-state index >= 15 is 0 Å². The maximum Gasteiger partial charge on any atom is 0.255 e. The van der Waals surface area contributed by atoms with Crippen molar-refractivity contribution in [1.82, 2.24) is 4.72 Å². The number of ether oxygens (including phenoxy) is 1. The quantitative estimate of drug-likeness (QED) is 0.802. The zero-order chi connectivity index (χ0) is 17.6. The maximum atomic E-state index is 12.2. The van der Waals surface area contributed by atoms with Crippen LogP contribution in [0.15, 0.2) is 48.5 Å². The summed E-state index contributed by atoms with van der Waals surface area (Å²) in [7, 11) is -1.61. The Morgan fingerprint density at radius 1 is 1.12 bits per heavy atom. The first-order valence-corrected chi connectivity index (χ1v) is 9.25. The van der Waals surface area contributed by atoms with Crippen LogP contribution in [0.25, 0.3) is 0 Å². The summed E-state index contributed by atoms with van der Waals surface area (Å²) in [5.74, 6) is 0.450. The normalized spacial score (nSPS) is 11.1. The SMILES string of the molecule is COc1cccc(NC(=O)c2ccc(CCNS(C)(=O)=O)cc2)c1. The molecule has 0 aliphatic rings. The number of hydrogen-bond donors (Lipinski definition) is 2. The summed E-state index contributed by atoms with van der Waals surface area (Å²) in [6.07, 6.45) is 1.68. The van der Waals surface area contributed by atoms with Crippen molar-refractivity contribution in [3.8, 4) is 5.75 Å². The van der Waals surface area contributed by atoms with Gasteiger partial charge in [0.2, 0.25) is 10.0 Å². The number of hydrogen-bond acceptors (Lipinski definition) is 4. The van der Waals surface area contributed by atoms with E-state index < -0.39 is 10.0 Å². The van der Waals surface area contributed by atoms with Crippen molar-refractivity contribution >= 4 is 21.6 Å². The number of carbonyl (C=O) groups is 1. The van der Waals surface area contributed by atoms with Gasteiger partial charge >= 0.3 is 0 Å². The second-order valence-corrected chi connectivity index (χ2v) is 7.13. The standard InChI is InChI=1S/C17H20N2O4S/c1-23-16-5-3-4-15(12-16)19-17(20)14-8-6-13(7-9-14)10-11-18-24(2,21)22/h3-9,12,18H,10-11H2,1-2H3,(H,19,20). The lowest BCUT2D eigenvalue weighted by molar-refractivity contribution is 0.102. The molecule has 0 bridgehead atoms. The highest BCUT2D eigenvalue weighted by atomic mass is 32.2. The van der Waals surface area contributed by atoms with Crippen LogP contribution in [0.2, 0.25) is 0 Å². The Bertz CT molecular complexity index is 802. The van der Waals surface area contributed by atoms with E-state index in [9.17, 15) is 13.2 Å². The highest BCUT2D eigenvalue weighted by Crippen LogP contribution is 2.17. The van der Waals surface area contributed by atoms with Crippen LogP contribution in [0.1, 0.15) is 15.9 Å². The van der Waals surface area contributed by atoms with Gasteiger partial charge < -0.3 is 10.1 Å². The summed E-state index contributed by atoms with van der Waals surface area (Å²) in [4.78, 5) is 12.2. The molecule has 6 nitrogen and oxygen atoms in total. The van der Waals surface area contributed by atoms with E-state index in [1.54, 1.807) is 43.5 Å². The van der Waals surface area contributed by atoms with Crippen LogP contribution >= 0.6 is 0 Å². The molecule has 0 saturated carbocycles. The predicted molar refractivity (Wildman–Crippen MR) is 93.9 cm³/mol. The first-order valence-electron chi connectivity index (χ1n) is 7.36. The molecule has 0 aliphatic carbocycles. The van der Waals surface area contributed by atoms with Gasteiger partial charge in [-0.25, -0.2) is 13.1 Å². The van der Waals surface area contributed by atoms with Crippen LogP contribution in [0.3, 0.4) is 0 Å². The van der Waals surface area contributed by atoms with Gasteiger partial charge in [-0.1, -0.05) is 18.2 Å². The van der Waals surface area contributed by atoms with Gasteiger partial charge in [-0.05, 0) is 36.2 Å². The average molecular weight is 348 g/mol. The van der Waals surface area contributed by atoms with Crippen LogP contribution in [0.5, 0.6) is 5.75 Å². The molecule has 0 fully saturated rings. The van der Waals surface area contributed by atoms with Gasteiger partial charge in [0.25, 0.3) is 5.91 Å². The molecule has 0 aromatic heterocycles. The smallest absolute Gasteiger partial charge is 0.255 e. The van der Waals surface area contributed by atoms with Crippen LogP contribution in [0, 0.1) is 0 Å². The van der Waals surface area contributed by atoms with Crippen molar-refractivity contribution in [3.05, 3.63) is 59.7 Å². The molecular weight excluding hydrogens is 328 g/mol. The summed E-state index contributed by atoms with van der Waals surface area (Å²) in [5.41, 5.74) is 2.13. The van der Waals surface area contributed by atoms with Gasteiger partial charge in [0.15, 0.2) is 0 Å². The molecule has 7 heteroatoms. The van der Waals surface area contributed by atoms with E-state index in [0.717, 1.165) is 11.8 Å². The van der Waals surface area contributed by atoms with Gasteiger partial charge in [0.05, 0.1) is 13.4 Å². The van der Waals surface area contributed by atoms with Crippen molar-refractivity contribution in [2.45, 2.75) is 6.42 Å². The molecule has 24 heavy (non-hydrogen) atoms. The Kier molecular flexibility index (Phi) is 5.94. The number of methoxy groups -OCH3 is 1. The fourth-order valence-electron chi connectivity index (χ4n) is 2.11. The molecule has 0 heterocycles. The fraction of sp³-hybridized carbons (Fsp3) is 0.235. The lowest BCUT2D eigenvalue weighted by Crippen LogP contribution is -2.24. The zero-order valence-corrected chi connectivity index (χ0v) is 14.4. The highest BCUT2D eigenvalue weighted by Gasteiger charge is 2.07. The van der Waals surface area contributed by atoms with Crippen molar-refractivity contribution < 1.29 is 17.9 Å². The van der Waals surface area contributed by atoms with Crippen molar-refractivity contribution in [2.24, 2.45) is 0 Å². The number of amides is 1. The third kappa shape index (κ3) is 5.68. The van der Waals surface area contributed by atoms with Crippen molar-refractivity contribution in [1.29, 1.82) is 0 Å². The summed E-state index contributed by atoms with van der Waals surface area (Å²) in [6, 6.07) is 14.2. The third-order valence-electron chi connectivity index (χ3n) is 3.32. The number of sulfonamides is 1. The van der Waals surface area contributed by atoms with Crippen LogP contribution in [-0.2, 0) is 16.4 Å². The first-order chi connectivity index (χ1) is 11.4. The van der Waals surface area contributed by atoms with E-state index in [4.69, 9.17) is 4.74 Å². The minimum absolute atomic E-state index is 0.218. The monoisotopic (exact) mass is 348 g/mol. The van der Waals surface area contributed by atoms with Crippen molar-refractivity contribution in [2.75, 3.05) is 25.2 Å². The Labute approximate surface area is 141 Å². The zero-order valence-electron chi connectivity index (χ0n) is 13.6. The van der Waals surface area contributed by atoms with E-state index in [2.05, 4.69) is 10.0 Å². The van der Waals surface area contributed by atoms with E-state index in [1.165, 1.54) is 0 Å². The summed E-state index contributed by atoms with van der Waals surface area (Å²) < 4.78 is 29.6. The van der Waals surface area contributed by atoms with E-state index in [1.807, 2.05) is 12.1 Å². The molecule has 128 valence electrons. The molecule has 2 aromatic rings. The van der Waals surface area contributed by atoms with Gasteiger partial charge in [-0.3, -0.25) is 4.79 Å². The topological polar surface area (TPSA) is 84.5 Å². The minimum Gasteiger partial charge on any atom is -0.497 e. The average Bonchev–Trinajstić information content (AvgIpc) is 2.54. The number of benzene rings is 2. The summed E-state index contributed by atoms with van der Waals surface area (Å²) in [5, 5.41) is 2.80. The molecule has 0 saturated heterocycles. The second-order valence-electron chi connectivity index (χ2n) is 5.30. The van der Waals surface area contributed by atoms with E-state index in [0.29, 0.717) is 30.0 Å². The number of rotatable bonds is 7. The third-order valence-corrected chi connectivity index (χ3v) is 4.05. The van der Waals surface area contributed by atoms with Gasteiger partial charge in [0.1, 0.15) is 5.75 Å². The molecule has 0 radical (unpaired) electrons. The molecule has 2 rings (SSSR count). The van der Waals surface area contributed by atoms with E-state index in [-0.39, 0.29) is 5.91 Å². The molecule has 2 aromatic carbocycles. The molecular formula is C17H20N2O4S. The Hall–Kier alpha value is -2.38. The minimum atomic E-state index is -3.18. The molecule has 1 amide bonds. The Morgan fingerprint density at radius 3 is 2.46 bits per heavy atom. The molecule has 0 spiro atoms. The largest absolute Gasteiger partial charge is 0.497 e. The summed E-state index contributed by atoms with van der Waals surface area (Å²) >= 11 is 0. The number of nitrogens with one attached hydrogen (secondary N) is 2. The van der Waals surface area contributed by atoms with Gasteiger partial charge in [0, 0.05) is 23.9 Å². The highest BCUT2D eigenvalue weighted by molar-refractivity contribution is 7.88. The number of carbonyl (C=O) groups excluding carboxylic acids is 1. The number of anilines is 1. The molecule has 0 unspecified atom stereocenters. The Morgan fingerprint density at radius 2 is 1.83 bits per heavy atom. The van der Waals surface area contributed by atoms with Crippen LogP contribution in [0.4, 0.5) is 5.69 Å². The predicted octanol–water partition coefficient (Wildman–Crippen LogP) is 2.04. The molecule has 0 aliphatic heterocycles.